The van der Waals surface area contributed by atoms with E-state index in [9.17, 15) is 9.90 Å². The molecular weight excluding hydrogens is 252 g/mol. The predicted octanol–water partition coefficient (Wildman–Crippen LogP) is 2.72. The summed E-state index contributed by atoms with van der Waals surface area (Å²) in [6.45, 7) is 7.04. The van der Waals surface area contributed by atoms with Gasteiger partial charge in [-0.05, 0) is 44.7 Å². The first-order chi connectivity index (χ1) is 9.52. The number of aryl methyl sites for hydroxylation is 1. The molecule has 0 amide bonds. The molecule has 0 aliphatic carbocycles. The van der Waals surface area contributed by atoms with Crippen LogP contribution in [0, 0.1) is 5.92 Å². The minimum absolute atomic E-state index is 0.0592. The monoisotopic (exact) mass is 276 g/mol. The summed E-state index contributed by atoms with van der Waals surface area (Å²) in [5.74, 6) is -0.940. The Morgan fingerprint density at radius 2 is 2.15 bits per heavy atom. The average Bonchev–Trinajstić information content (AvgIpc) is 2.43. The molecule has 0 spiro atoms. The van der Waals surface area contributed by atoms with Gasteiger partial charge < -0.3 is 5.11 Å². The lowest BCUT2D eigenvalue weighted by Crippen LogP contribution is -2.50. The van der Waals surface area contributed by atoms with Gasteiger partial charge in [0.2, 0.25) is 0 Å². The van der Waals surface area contributed by atoms with E-state index in [2.05, 4.69) is 35.9 Å². The Balaban J connectivity index is 2.10. The zero-order chi connectivity index (χ0) is 14.7. The highest BCUT2D eigenvalue weighted by molar-refractivity contribution is 5.71. The summed E-state index contributed by atoms with van der Waals surface area (Å²) in [5, 5.41) is 9.30. The van der Waals surface area contributed by atoms with Crippen LogP contribution in [-0.4, -0.2) is 33.0 Å². The van der Waals surface area contributed by atoms with E-state index in [1.165, 1.54) is 5.56 Å². The molecule has 3 unspecified atom stereocenters. The third-order valence-corrected chi connectivity index (χ3v) is 4.52. The van der Waals surface area contributed by atoms with Crippen molar-refractivity contribution < 1.29 is 9.90 Å². The summed E-state index contributed by atoms with van der Waals surface area (Å²) in [7, 11) is 0. The van der Waals surface area contributed by atoms with Crippen molar-refractivity contribution in [1.29, 1.82) is 0 Å². The molecule has 0 radical (unpaired) electrons. The number of piperidine rings is 1. The number of nitrogens with zero attached hydrogens (tertiary/aromatic N) is 2. The third-order valence-electron chi connectivity index (χ3n) is 4.52. The molecule has 3 atom stereocenters. The highest BCUT2D eigenvalue weighted by Crippen LogP contribution is 2.29. The van der Waals surface area contributed by atoms with Gasteiger partial charge in [0, 0.05) is 24.8 Å². The lowest BCUT2D eigenvalue weighted by molar-refractivity contribution is -0.146. The van der Waals surface area contributed by atoms with Crippen LogP contribution in [0.5, 0.6) is 0 Å². The zero-order valence-electron chi connectivity index (χ0n) is 12.5. The maximum atomic E-state index is 11.3. The van der Waals surface area contributed by atoms with E-state index in [1.807, 2.05) is 13.1 Å². The number of hydrogen-bond acceptors (Lipinski definition) is 3. The van der Waals surface area contributed by atoms with Crippen molar-refractivity contribution in [1.82, 2.24) is 9.88 Å². The van der Waals surface area contributed by atoms with Crippen LogP contribution in [-0.2, 0) is 17.8 Å². The van der Waals surface area contributed by atoms with Crippen molar-refractivity contribution in [3.63, 3.8) is 0 Å². The maximum Gasteiger partial charge on any atom is 0.308 e. The molecule has 0 aromatic carbocycles. The Labute approximate surface area is 120 Å². The van der Waals surface area contributed by atoms with Gasteiger partial charge in [-0.1, -0.05) is 13.0 Å². The van der Waals surface area contributed by atoms with Gasteiger partial charge in [0.1, 0.15) is 0 Å². The van der Waals surface area contributed by atoms with Crippen LogP contribution in [0.1, 0.15) is 44.9 Å². The lowest BCUT2D eigenvalue weighted by Gasteiger charge is -2.42. The number of carbonyl (C=O) groups is 1. The Bertz CT molecular complexity index is 458. The van der Waals surface area contributed by atoms with E-state index >= 15 is 0 Å². The number of carboxylic acids is 1. The van der Waals surface area contributed by atoms with Crippen molar-refractivity contribution in [2.24, 2.45) is 5.92 Å². The number of rotatable bonds is 4. The van der Waals surface area contributed by atoms with Crippen LogP contribution in [0.4, 0.5) is 0 Å². The van der Waals surface area contributed by atoms with Crippen molar-refractivity contribution >= 4 is 5.97 Å². The van der Waals surface area contributed by atoms with Crippen LogP contribution in [0.25, 0.3) is 0 Å². The molecule has 1 aromatic heterocycles. The van der Waals surface area contributed by atoms with Gasteiger partial charge in [0.15, 0.2) is 0 Å². The minimum Gasteiger partial charge on any atom is -0.481 e. The molecule has 110 valence electrons. The van der Waals surface area contributed by atoms with Crippen LogP contribution in [0.15, 0.2) is 18.3 Å². The molecule has 1 aromatic rings. The molecule has 1 saturated heterocycles. The lowest BCUT2D eigenvalue weighted by atomic mass is 9.86. The summed E-state index contributed by atoms with van der Waals surface area (Å²) >= 11 is 0. The molecule has 4 nitrogen and oxygen atoms in total. The first kappa shape index (κ1) is 15.0. The molecule has 1 aliphatic rings. The second-order valence-corrected chi connectivity index (χ2v) is 5.80. The van der Waals surface area contributed by atoms with Gasteiger partial charge in [0.25, 0.3) is 0 Å². The Kier molecular flexibility index (Phi) is 4.76. The summed E-state index contributed by atoms with van der Waals surface area (Å²) in [4.78, 5) is 18.1. The second-order valence-electron chi connectivity index (χ2n) is 5.80. The van der Waals surface area contributed by atoms with E-state index in [1.54, 1.807) is 0 Å². The number of hydrogen-bond donors (Lipinski definition) is 1. The Hall–Kier alpha value is -1.42. The Morgan fingerprint density at radius 3 is 2.70 bits per heavy atom. The third kappa shape index (κ3) is 3.18. The molecule has 1 aliphatic heterocycles. The SMILES string of the molecule is CCc1ccc(CN2C(C)CCC(C(=O)O)C2C)nc1. The minimum atomic E-state index is -0.677. The van der Waals surface area contributed by atoms with E-state index in [0.717, 1.165) is 31.5 Å². The molecule has 2 rings (SSSR count). The molecule has 1 fully saturated rings. The van der Waals surface area contributed by atoms with Gasteiger partial charge in [-0.15, -0.1) is 0 Å². The molecule has 2 heterocycles. The molecule has 1 N–H and O–H groups in total. The molecule has 0 bridgehead atoms. The number of aliphatic carboxylic acids is 1. The molecule has 20 heavy (non-hydrogen) atoms. The van der Waals surface area contributed by atoms with E-state index in [-0.39, 0.29) is 12.0 Å². The van der Waals surface area contributed by atoms with Crippen LogP contribution in [0.3, 0.4) is 0 Å². The number of pyridine rings is 1. The standard InChI is InChI=1S/C16H24N2O2/c1-4-13-6-7-14(17-9-13)10-18-11(2)5-8-15(12(18)3)16(19)20/h6-7,9,11-12,15H,4-5,8,10H2,1-3H3,(H,19,20). The van der Waals surface area contributed by atoms with Crippen molar-refractivity contribution in [3.8, 4) is 0 Å². The smallest absolute Gasteiger partial charge is 0.308 e. The number of carboxylic acid groups (broad SMARTS) is 1. The summed E-state index contributed by atoms with van der Waals surface area (Å²) in [5.41, 5.74) is 2.25. The topological polar surface area (TPSA) is 53.4 Å². The quantitative estimate of drug-likeness (QED) is 0.918. The largest absolute Gasteiger partial charge is 0.481 e. The summed E-state index contributed by atoms with van der Waals surface area (Å²) in [6.07, 6.45) is 4.62. The zero-order valence-corrected chi connectivity index (χ0v) is 12.5. The fraction of sp³-hybridized carbons (Fsp3) is 0.625. The molecular formula is C16H24N2O2. The van der Waals surface area contributed by atoms with E-state index in [4.69, 9.17) is 0 Å². The van der Waals surface area contributed by atoms with Crippen LogP contribution >= 0.6 is 0 Å². The van der Waals surface area contributed by atoms with E-state index < -0.39 is 5.97 Å². The Morgan fingerprint density at radius 1 is 1.40 bits per heavy atom. The van der Waals surface area contributed by atoms with Crippen LogP contribution < -0.4 is 0 Å². The number of aromatic nitrogens is 1. The van der Waals surface area contributed by atoms with Gasteiger partial charge in [-0.3, -0.25) is 14.7 Å². The van der Waals surface area contributed by atoms with E-state index in [0.29, 0.717) is 6.04 Å². The van der Waals surface area contributed by atoms with Crippen molar-refractivity contribution in [2.45, 2.75) is 58.7 Å². The second kappa shape index (κ2) is 6.35. The number of likely N-dealkylation sites (tertiary alicyclic amines) is 1. The maximum absolute atomic E-state index is 11.3. The fourth-order valence-electron chi connectivity index (χ4n) is 3.03. The normalized spacial score (nSPS) is 27.4. The van der Waals surface area contributed by atoms with Crippen molar-refractivity contribution in [2.75, 3.05) is 0 Å². The first-order valence-electron chi connectivity index (χ1n) is 7.45. The first-order valence-corrected chi connectivity index (χ1v) is 7.45. The van der Waals surface area contributed by atoms with Gasteiger partial charge in [-0.2, -0.15) is 0 Å². The van der Waals surface area contributed by atoms with Crippen molar-refractivity contribution in [3.05, 3.63) is 29.6 Å². The van der Waals surface area contributed by atoms with Gasteiger partial charge in [-0.25, -0.2) is 0 Å². The van der Waals surface area contributed by atoms with Gasteiger partial charge in [0.05, 0.1) is 11.6 Å². The molecule has 4 heteroatoms. The summed E-state index contributed by atoms with van der Waals surface area (Å²) < 4.78 is 0. The predicted molar refractivity (Wildman–Crippen MR) is 78.4 cm³/mol. The highest BCUT2D eigenvalue weighted by Gasteiger charge is 2.36. The molecule has 0 saturated carbocycles. The average molecular weight is 276 g/mol. The highest BCUT2D eigenvalue weighted by atomic mass is 16.4. The fourth-order valence-corrected chi connectivity index (χ4v) is 3.03. The van der Waals surface area contributed by atoms with Crippen LogP contribution in [0.2, 0.25) is 0 Å². The summed E-state index contributed by atoms with van der Waals surface area (Å²) in [6, 6.07) is 4.64. The van der Waals surface area contributed by atoms with Gasteiger partial charge >= 0.3 is 5.97 Å².